The van der Waals surface area contributed by atoms with Crippen LogP contribution < -0.4 is 16.4 Å². The smallest absolute Gasteiger partial charge is 0.295 e. The predicted octanol–water partition coefficient (Wildman–Crippen LogP) is 5.49. The lowest BCUT2D eigenvalue weighted by Gasteiger charge is -2.11. The average molecular weight is 578 g/mol. The summed E-state index contributed by atoms with van der Waals surface area (Å²) in [5.74, 6) is -0.414. The fraction of sp³-hybridized carbons (Fsp3) is 0.143. The Morgan fingerprint density at radius 3 is 2.54 bits per heavy atom. The topological polar surface area (TPSA) is 90.9 Å². The zero-order valence-electron chi connectivity index (χ0n) is 21.2. The number of carbonyl (C=O) groups excluding carboxylic acids is 1. The second-order valence-corrected chi connectivity index (χ2v) is 10.9. The molecule has 3 heterocycles. The van der Waals surface area contributed by atoms with Gasteiger partial charge in [-0.1, -0.05) is 59.8 Å². The summed E-state index contributed by atoms with van der Waals surface area (Å²) in [6, 6.07) is 16.5. The number of hydrogen-bond acceptors (Lipinski definition) is 6. The van der Waals surface area contributed by atoms with Crippen molar-refractivity contribution in [3.05, 3.63) is 104 Å². The van der Waals surface area contributed by atoms with Crippen LogP contribution in [0, 0.1) is 6.92 Å². The number of carbonyl (C=O) groups is 1. The monoisotopic (exact) mass is 577 g/mol. The van der Waals surface area contributed by atoms with Gasteiger partial charge in [0.15, 0.2) is 5.16 Å². The van der Waals surface area contributed by atoms with Gasteiger partial charge in [0.1, 0.15) is 10.5 Å². The van der Waals surface area contributed by atoms with E-state index in [1.54, 1.807) is 36.9 Å². The maximum absolute atomic E-state index is 13.6. The number of nitrogens with one attached hydrogen (secondary N) is 1. The normalized spacial score (nSPS) is 11.2. The number of allylic oxidation sites excluding steroid dienone is 1. The Morgan fingerprint density at radius 2 is 1.85 bits per heavy atom. The van der Waals surface area contributed by atoms with Crippen molar-refractivity contribution in [2.75, 3.05) is 11.1 Å². The Hall–Kier alpha value is -3.86. The van der Waals surface area contributed by atoms with Crippen molar-refractivity contribution in [1.82, 2.24) is 18.9 Å². The summed E-state index contributed by atoms with van der Waals surface area (Å²) in [7, 11) is 1.76. The number of benzene rings is 2. The third-order valence-electron chi connectivity index (χ3n) is 6.28. The SMILES string of the molecule is C=CCn1c(SCC(=O)Nc2c(C)n(C)n(-c3ccccc3)c2=O)nc2scc(-c3ccc(Cl)cc3)c2c1=O. The molecular weight excluding hydrogens is 554 g/mol. The highest BCUT2D eigenvalue weighted by atomic mass is 35.5. The number of nitrogens with zero attached hydrogens (tertiary/aromatic N) is 4. The Kier molecular flexibility index (Phi) is 7.60. The van der Waals surface area contributed by atoms with Gasteiger partial charge in [0.25, 0.3) is 11.1 Å². The molecule has 5 aromatic rings. The lowest BCUT2D eigenvalue weighted by molar-refractivity contribution is -0.113. The van der Waals surface area contributed by atoms with Crippen molar-refractivity contribution >= 4 is 56.5 Å². The summed E-state index contributed by atoms with van der Waals surface area (Å²) in [6.45, 7) is 5.79. The molecule has 0 unspecified atom stereocenters. The summed E-state index contributed by atoms with van der Waals surface area (Å²) in [5.41, 5.74) is 2.65. The van der Waals surface area contributed by atoms with Gasteiger partial charge in [0, 0.05) is 29.6 Å². The van der Waals surface area contributed by atoms with Gasteiger partial charge >= 0.3 is 0 Å². The standard InChI is InChI=1S/C28H24ClN5O3S2/c1-4-14-33-26(36)23-21(18-10-12-19(29)13-11-18)15-38-25(23)31-28(33)39-16-22(35)30-24-17(2)32(3)34(27(24)37)20-8-6-5-7-9-20/h4-13,15H,1,14,16H2,2-3H3,(H,30,35). The molecule has 198 valence electrons. The van der Waals surface area contributed by atoms with E-state index in [4.69, 9.17) is 16.6 Å². The van der Waals surface area contributed by atoms with Crippen LogP contribution in [0.3, 0.4) is 0 Å². The minimum atomic E-state index is -0.376. The van der Waals surface area contributed by atoms with E-state index < -0.39 is 0 Å². The first kappa shape index (κ1) is 26.7. The molecule has 1 amide bonds. The van der Waals surface area contributed by atoms with Crippen molar-refractivity contribution in [3.8, 4) is 16.8 Å². The Balaban J connectivity index is 1.42. The van der Waals surface area contributed by atoms with E-state index in [2.05, 4.69) is 11.9 Å². The summed E-state index contributed by atoms with van der Waals surface area (Å²) < 4.78 is 4.71. The zero-order chi connectivity index (χ0) is 27.7. The number of anilines is 1. The van der Waals surface area contributed by atoms with E-state index in [0.717, 1.165) is 22.9 Å². The molecule has 8 nitrogen and oxygen atoms in total. The van der Waals surface area contributed by atoms with Gasteiger partial charge in [-0.25, -0.2) is 9.67 Å². The van der Waals surface area contributed by atoms with E-state index in [1.165, 1.54) is 20.6 Å². The molecule has 2 aromatic carbocycles. The molecule has 11 heteroatoms. The van der Waals surface area contributed by atoms with Crippen molar-refractivity contribution in [1.29, 1.82) is 0 Å². The van der Waals surface area contributed by atoms with Gasteiger partial charge in [0.05, 0.1) is 22.5 Å². The summed E-state index contributed by atoms with van der Waals surface area (Å²) in [4.78, 5) is 44.9. The average Bonchev–Trinajstić information content (AvgIpc) is 3.45. The fourth-order valence-electron chi connectivity index (χ4n) is 4.27. The molecule has 1 N–H and O–H groups in total. The molecule has 0 bridgehead atoms. The first-order valence-electron chi connectivity index (χ1n) is 12.0. The maximum atomic E-state index is 13.6. The molecule has 0 fully saturated rings. The number of hydrogen-bond donors (Lipinski definition) is 1. The van der Waals surface area contributed by atoms with E-state index >= 15 is 0 Å². The molecular formula is C28H24ClN5O3S2. The van der Waals surface area contributed by atoms with Crippen LogP contribution in [0.25, 0.3) is 27.0 Å². The fourth-order valence-corrected chi connectivity index (χ4v) is 6.19. The highest BCUT2D eigenvalue weighted by Crippen LogP contribution is 2.33. The van der Waals surface area contributed by atoms with Crippen LogP contribution in [-0.4, -0.2) is 30.6 Å². The van der Waals surface area contributed by atoms with Crippen LogP contribution in [0.5, 0.6) is 0 Å². The third-order valence-corrected chi connectivity index (χ3v) is 8.38. The minimum Gasteiger partial charge on any atom is -0.319 e. The number of halogens is 1. The largest absolute Gasteiger partial charge is 0.319 e. The van der Waals surface area contributed by atoms with Gasteiger partial charge in [0.2, 0.25) is 5.91 Å². The maximum Gasteiger partial charge on any atom is 0.295 e. The second kappa shape index (κ2) is 11.1. The van der Waals surface area contributed by atoms with Crippen LogP contribution in [0.15, 0.2) is 87.4 Å². The molecule has 0 spiro atoms. The summed E-state index contributed by atoms with van der Waals surface area (Å²) >= 11 is 8.54. The number of aromatic nitrogens is 4. The van der Waals surface area contributed by atoms with Crippen molar-refractivity contribution in [2.24, 2.45) is 7.05 Å². The van der Waals surface area contributed by atoms with Gasteiger partial charge in [-0.3, -0.25) is 23.6 Å². The molecule has 0 saturated carbocycles. The van der Waals surface area contributed by atoms with Crippen molar-refractivity contribution < 1.29 is 4.79 Å². The van der Waals surface area contributed by atoms with E-state index in [-0.39, 0.29) is 35.0 Å². The molecule has 3 aromatic heterocycles. The van der Waals surface area contributed by atoms with Gasteiger partial charge in [-0.15, -0.1) is 17.9 Å². The Labute approximate surface area is 237 Å². The number of fused-ring (bicyclic) bond motifs is 1. The van der Waals surface area contributed by atoms with Crippen LogP contribution in [0.4, 0.5) is 5.69 Å². The molecule has 0 saturated heterocycles. The third kappa shape index (κ3) is 5.10. The first-order chi connectivity index (χ1) is 18.8. The van der Waals surface area contributed by atoms with Crippen LogP contribution >= 0.6 is 34.7 Å². The Morgan fingerprint density at radius 1 is 1.13 bits per heavy atom. The number of rotatable bonds is 8. The van der Waals surface area contributed by atoms with Crippen LogP contribution in [0.2, 0.25) is 5.02 Å². The van der Waals surface area contributed by atoms with Crippen molar-refractivity contribution in [3.63, 3.8) is 0 Å². The zero-order valence-corrected chi connectivity index (χ0v) is 23.6. The van der Waals surface area contributed by atoms with E-state index in [9.17, 15) is 14.4 Å². The molecule has 0 aliphatic heterocycles. The lowest BCUT2D eigenvalue weighted by atomic mass is 10.1. The predicted molar refractivity (Wildman–Crippen MR) is 160 cm³/mol. The highest BCUT2D eigenvalue weighted by molar-refractivity contribution is 7.99. The molecule has 0 radical (unpaired) electrons. The summed E-state index contributed by atoms with van der Waals surface area (Å²) in [6.07, 6.45) is 1.62. The van der Waals surface area contributed by atoms with Gasteiger partial charge in [-0.05, 0) is 36.8 Å². The minimum absolute atomic E-state index is 0.0381. The highest BCUT2D eigenvalue weighted by Gasteiger charge is 2.20. The van der Waals surface area contributed by atoms with Crippen molar-refractivity contribution in [2.45, 2.75) is 18.6 Å². The first-order valence-corrected chi connectivity index (χ1v) is 14.2. The molecule has 0 atom stereocenters. The second-order valence-electron chi connectivity index (χ2n) is 8.71. The molecule has 0 aliphatic rings. The van der Waals surface area contributed by atoms with E-state index in [0.29, 0.717) is 31.8 Å². The lowest BCUT2D eigenvalue weighted by Crippen LogP contribution is -2.25. The quantitative estimate of drug-likeness (QED) is 0.150. The van der Waals surface area contributed by atoms with Gasteiger partial charge < -0.3 is 5.32 Å². The number of para-hydroxylation sites is 1. The van der Waals surface area contributed by atoms with Crippen LogP contribution in [-0.2, 0) is 18.4 Å². The number of thioether (sulfide) groups is 1. The van der Waals surface area contributed by atoms with Gasteiger partial charge in [-0.2, -0.15) is 0 Å². The van der Waals surface area contributed by atoms with E-state index in [1.807, 2.05) is 47.8 Å². The summed E-state index contributed by atoms with van der Waals surface area (Å²) in [5, 5.41) is 6.18. The molecule has 0 aliphatic carbocycles. The number of thiophene rings is 1. The molecule has 5 rings (SSSR count). The molecule has 39 heavy (non-hydrogen) atoms. The van der Waals surface area contributed by atoms with Crippen LogP contribution in [0.1, 0.15) is 5.69 Å². The Bertz CT molecular complexity index is 1820. The number of amides is 1.